The first-order chi connectivity index (χ1) is 9.08. The zero-order valence-corrected chi connectivity index (χ0v) is 10.3. The maximum atomic E-state index is 13.7. The Balaban J connectivity index is 2.06. The molecule has 19 heavy (non-hydrogen) atoms. The van der Waals surface area contributed by atoms with Crippen molar-refractivity contribution >= 4 is 17.5 Å². The minimum absolute atomic E-state index is 0.0422. The molecule has 1 aliphatic heterocycles. The van der Waals surface area contributed by atoms with Crippen molar-refractivity contribution in [2.24, 2.45) is 11.7 Å². The first-order valence-electron chi connectivity index (χ1n) is 6.06. The molecule has 0 radical (unpaired) electrons. The number of benzene rings is 1. The van der Waals surface area contributed by atoms with E-state index < -0.39 is 11.7 Å². The Hall–Kier alpha value is -1.95. The number of amides is 2. The Morgan fingerprint density at radius 2 is 2.21 bits per heavy atom. The van der Waals surface area contributed by atoms with Crippen LogP contribution < -0.4 is 11.1 Å². The van der Waals surface area contributed by atoms with E-state index in [1.54, 1.807) is 0 Å². The fourth-order valence-corrected chi connectivity index (χ4v) is 1.95. The molecule has 1 heterocycles. The lowest BCUT2D eigenvalue weighted by Crippen LogP contribution is -2.30. The summed E-state index contributed by atoms with van der Waals surface area (Å²) in [6.45, 7) is 1.01. The molecule has 0 saturated carbocycles. The molecule has 5 nitrogen and oxygen atoms in total. The highest BCUT2D eigenvalue weighted by molar-refractivity contribution is 5.95. The Morgan fingerprint density at radius 1 is 1.42 bits per heavy atom. The smallest absolute Gasteiger partial charge is 0.248 e. The number of nitrogens with one attached hydrogen (secondary N) is 1. The number of anilines is 1. The second kappa shape index (κ2) is 5.79. The summed E-state index contributed by atoms with van der Waals surface area (Å²) in [4.78, 5) is 22.8. The summed E-state index contributed by atoms with van der Waals surface area (Å²) in [7, 11) is 0. The molecule has 0 bridgehead atoms. The Morgan fingerprint density at radius 3 is 2.79 bits per heavy atom. The van der Waals surface area contributed by atoms with Crippen molar-refractivity contribution in [1.29, 1.82) is 0 Å². The van der Waals surface area contributed by atoms with Crippen molar-refractivity contribution in [3.8, 4) is 0 Å². The van der Waals surface area contributed by atoms with Crippen molar-refractivity contribution in [3.63, 3.8) is 0 Å². The lowest BCUT2D eigenvalue weighted by Gasteiger charge is -2.21. The van der Waals surface area contributed by atoms with Crippen LogP contribution in [-0.4, -0.2) is 25.0 Å². The lowest BCUT2D eigenvalue weighted by atomic mass is 10.0. The van der Waals surface area contributed by atoms with Gasteiger partial charge >= 0.3 is 0 Å². The molecule has 6 heteroatoms. The van der Waals surface area contributed by atoms with Crippen molar-refractivity contribution in [1.82, 2.24) is 0 Å². The normalized spacial score (nSPS) is 18.9. The molecular weight excluding hydrogens is 251 g/mol. The summed E-state index contributed by atoms with van der Waals surface area (Å²) in [5.74, 6) is -1.92. The van der Waals surface area contributed by atoms with E-state index in [4.69, 9.17) is 10.5 Å². The van der Waals surface area contributed by atoms with Gasteiger partial charge in [-0.05, 0) is 31.0 Å². The minimum Gasteiger partial charge on any atom is -0.381 e. The average Bonchev–Trinajstić information content (AvgIpc) is 2.41. The zero-order chi connectivity index (χ0) is 13.8. The largest absolute Gasteiger partial charge is 0.381 e. The third-order valence-electron chi connectivity index (χ3n) is 3.04. The summed E-state index contributed by atoms with van der Waals surface area (Å²) in [5.41, 5.74) is 5.15. The van der Waals surface area contributed by atoms with Gasteiger partial charge in [0, 0.05) is 12.2 Å². The molecule has 2 amide bonds. The predicted molar refractivity (Wildman–Crippen MR) is 67.1 cm³/mol. The molecule has 3 N–H and O–H groups in total. The Bertz CT molecular complexity index is 499. The molecule has 1 fully saturated rings. The van der Waals surface area contributed by atoms with Crippen LogP contribution in [0, 0.1) is 11.7 Å². The molecule has 1 aliphatic rings. The fraction of sp³-hybridized carbons (Fsp3) is 0.385. The second-order valence-electron chi connectivity index (χ2n) is 4.46. The van der Waals surface area contributed by atoms with Crippen molar-refractivity contribution in [2.45, 2.75) is 12.8 Å². The molecule has 1 aromatic rings. The van der Waals surface area contributed by atoms with Crippen LogP contribution in [0.2, 0.25) is 0 Å². The van der Waals surface area contributed by atoms with E-state index in [0.717, 1.165) is 18.9 Å². The Labute approximate surface area is 109 Å². The minimum atomic E-state index is -0.711. The van der Waals surface area contributed by atoms with E-state index in [1.807, 2.05) is 0 Å². The molecule has 0 aliphatic carbocycles. The van der Waals surface area contributed by atoms with Gasteiger partial charge in [0.15, 0.2) is 0 Å². The molecule has 1 atom stereocenters. The molecular formula is C13H15FN2O3. The van der Waals surface area contributed by atoms with Gasteiger partial charge in [-0.15, -0.1) is 0 Å². The van der Waals surface area contributed by atoms with Gasteiger partial charge < -0.3 is 15.8 Å². The first kappa shape index (κ1) is 13.5. The number of hydrogen-bond acceptors (Lipinski definition) is 3. The van der Waals surface area contributed by atoms with Crippen molar-refractivity contribution in [2.75, 3.05) is 18.5 Å². The third kappa shape index (κ3) is 3.29. The number of halogens is 1. The number of hydrogen-bond donors (Lipinski definition) is 2. The van der Waals surface area contributed by atoms with Gasteiger partial charge in [0.1, 0.15) is 5.82 Å². The zero-order valence-electron chi connectivity index (χ0n) is 10.3. The molecule has 0 spiro atoms. The summed E-state index contributed by atoms with van der Waals surface area (Å²) in [6, 6.07) is 3.71. The number of carbonyl (C=O) groups excluding carboxylic acids is 2. The van der Waals surface area contributed by atoms with E-state index in [9.17, 15) is 14.0 Å². The maximum Gasteiger partial charge on any atom is 0.248 e. The molecule has 0 aromatic heterocycles. The average molecular weight is 266 g/mol. The second-order valence-corrected chi connectivity index (χ2v) is 4.46. The highest BCUT2D eigenvalue weighted by atomic mass is 19.1. The van der Waals surface area contributed by atoms with Crippen LogP contribution in [0.4, 0.5) is 10.1 Å². The summed E-state index contributed by atoms with van der Waals surface area (Å²) in [5, 5.41) is 2.50. The lowest BCUT2D eigenvalue weighted by molar-refractivity contribution is -0.123. The van der Waals surface area contributed by atoms with Crippen LogP contribution in [0.5, 0.6) is 0 Å². The van der Waals surface area contributed by atoms with Gasteiger partial charge in [0.25, 0.3) is 0 Å². The van der Waals surface area contributed by atoms with Gasteiger partial charge in [-0.2, -0.15) is 0 Å². The predicted octanol–water partition coefficient (Wildman–Crippen LogP) is 1.29. The summed E-state index contributed by atoms with van der Waals surface area (Å²) >= 11 is 0. The number of primary amides is 1. The van der Waals surface area contributed by atoms with Crippen LogP contribution in [0.15, 0.2) is 18.2 Å². The highest BCUT2D eigenvalue weighted by Crippen LogP contribution is 2.19. The number of rotatable bonds is 3. The molecule has 2 rings (SSSR count). The van der Waals surface area contributed by atoms with E-state index in [1.165, 1.54) is 12.1 Å². The van der Waals surface area contributed by atoms with Crippen LogP contribution in [0.1, 0.15) is 23.2 Å². The van der Waals surface area contributed by atoms with Gasteiger partial charge in [0.2, 0.25) is 11.8 Å². The first-order valence-corrected chi connectivity index (χ1v) is 6.06. The van der Waals surface area contributed by atoms with E-state index in [0.29, 0.717) is 13.2 Å². The van der Waals surface area contributed by atoms with Crippen LogP contribution >= 0.6 is 0 Å². The van der Waals surface area contributed by atoms with Crippen LogP contribution in [0.3, 0.4) is 0 Å². The summed E-state index contributed by atoms with van der Waals surface area (Å²) < 4.78 is 18.9. The molecule has 102 valence electrons. The number of ether oxygens (including phenoxy) is 1. The van der Waals surface area contributed by atoms with E-state index in [-0.39, 0.29) is 23.1 Å². The van der Waals surface area contributed by atoms with Crippen molar-refractivity contribution in [3.05, 3.63) is 29.6 Å². The number of carbonyl (C=O) groups is 2. The fourth-order valence-electron chi connectivity index (χ4n) is 1.95. The third-order valence-corrected chi connectivity index (χ3v) is 3.04. The van der Waals surface area contributed by atoms with Crippen LogP contribution in [-0.2, 0) is 9.53 Å². The standard InChI is InChI=1S/C13H15FN2O3/c14-10-6-8(12(15)17)3-4-11(10)16-13(18)9-2-1-5-19-7-9/h3-4,6,9H,1-2,5,7H2,(H2,15,17)(H,16,18)/t9-/m1/s1. The van der Waals surface area contributed by atoms with E-state index in [2.05, 4.69) is 5.32 Å². The highest BCUT2D eigenvalue weighted by Gasteiger charge is 2.22. The van der Waals surface area contributed by atoms with Crippen molar-refractivity contribution < 1.29 is 18.7 Å². The monoisotopic (exact) mass is 266 g/mol. The molecule has 1 saturated heterocycles. The van der Waals surface area contributed by atoms with Gasteiger partial charge in [-0.3, -0.25) is 9.59 Å². The van der Waals surface area contributed by atoms with E-state index >= 15 is 0 Å². The van der Waals surface area contributed by atoms with Crippen LogP contribution in [0.25, 0.3) is 0 Å². The number of nitrogens with two attached hydrogens (primary N) is 1. The summed E-state index contributed by atoms with van der Waals surface area (Å²) in [6.07, 6.45) is 1.55. The van der Waals surface area contributed by atoms with Gasteiger partial charge in [-0.1, -0.05) is 0 Å². The quantitative estimate of drug-likeness (QED) is 0.865. The molecule has 1 aromatic carbocycles. The van der Waals surface area contributed by atoms with Gasteiger partial charge in [0.05, 0.1) is 18.2 Å². The molecule has 0 unspecified atom stereocenters. The Kier molecular flexibility index (Phi) is 4.11. The van der Waals surface area contributed by atoms with Gasteiger partial charge in [-0.25, -0.2) is 4.39 Å². The SMILES string of the molecule is NC(=O)c1ccc(NC(=O)[C@@H]2CCCOC2)c(F)c1. The maximum absolute atomic E-state index is 13.7. The topological polar surface area (TPSA) is 81.4 Å².